The minimum atomic E-state index is 0.0509. The summed E-state index contributed by atoms with van der Waals surface area (Å²) in [6.45, 7) is 4.14. The minimum Gasteiger partial charge on any atom is -0.472 e. The van der Waals surface area contributed by atoms with Crippen molar-refractivity contribution in [3.05, 3.63) is 72.4 Å². The number of para-hydroxylation sites is 1. The second-order valence-corrected chi connectivity index (χ2v) is 6.50. The molecule has 6 heteroatoms. The maximum Gasteiger partial charge on any atom is 0.257 e. The van der Waals surface area contributed by atoms with Gasteiger partial charge in [0.15, 0.2) is 0 Å². The second kappa shape index (κ2) is 7.58. The first-order valence-corrected chi connectivity index (χ1v) is 8.93. The van der Waals surface area contributed by atoms with Crippen molar-refractivity contribution >= 4 is 5.91 Å². The third-order valence-corrected chi connectivity index (χ3v) is 4.75. The Hall–Kier alpha value is -2.86. The summed E-state index contributed by atoms with van der Waals surface area (Å²) in [7, 11) is 0. The summed E-state index contributed by atoms with van der Waals surface area (Å²) in [6, 6.07) is 14.0. The lowest BCUT2D eigenvalue weighted by Crippen LogP contribution is -2.35. The van der Waals surface area contributed by atoms with Gasteiger partial charge in [0.05, 0.1) is 23.2 Å². The van der Waals surface area contributed by atoms with Gasteiger partial charge >= 0.3 is 0 Å². The zero-order chi connectivity index (χ0) is 17.8. The fourth-order valence-electron chi connectivity index (χ4n) is 3.38. The highest BCUT2D eigenvalue weighted by molar-refractivity contribution is 5.93. The fraction of sp³-hybridized carbons (Fsp3) is 0.300. The van der Waals surface area contributed by atoms with Crippen LogP contribution in [-0.4, -0.2) is 51.7 Å². The van der Waals surface area contributed by atoms with Gasteiger partial charge in [0.2, 0.25) is 0 Å². The molecule has 0 radical (unpaired) electrons. The fourth-order valence-corrected chi connectivity index (χ4v) is 3.38. The quantitative estimate of drug-likeness (QED) is 0.726. The van der Waals surface area contributed by atoms with Gasteiger partial charge in [-0.3, -0.25) is 9.69 Å². The van der Waals surface area contributed by atoms with Crippen LogP contribution in [0.3, 0.4) is 0 Å². The first-order valence-electron chi connectivity index (χ1n) is 8.93. The number of nitrogens with zero attached hydrogens (tertiary/aromatic N) is 4. The molecule has 6 nitrogen and oxygen atoms in total. The summed E-state index contributed by atoms with van der Waals surface area (Å²) in [6.07, 6.45) is 5.86. The van der Waals surface area contributed by atoms with Crippen molar-refractivity contribution < 1.29 is 9.21 Å². The molecule has 134 valence electrons. The van der Waals surface area contributed by atoms with E-state index in [4.69, 9.17) is 4.42 Å². The number of benzene rings is 1. The Labute approximate surface area is 152 Å². The molecule has 1 fully saturated rings. The minimum absolute atomic E-state index is 0.0509. The molecule has 1 aromatic carbocycles. The molecular weight excluding hydrogens is 328 g/mol. The van der Waals surface area contributed by atoms with Crippen LogP contribution < -0.4 is 0 Å². The molecule has 0 saturated carbocycles. The number of furan rings is 1. The topological polar surface area (TPSA) is 54.5 Å². The Kier molecular flexibility index (Phi) is 4.84. The van der Waals surface area contributed by atoms with E-state index in [1.54, 1.807) is 12.3 Å². The van der Waals surface area contributed by atoms with Crippen molar-refractivity contribution in [2.75, 3.05) is 26.2 Å². The van der Waals surface area contributed by atoms with E-state index in [1.165, 1.54) is 6.26 Å². The molecule has 26 heavy (non-hydrogen) atoms. The van der Waals surface area contributed by atoms with Crippen LogP contribution in [0.2, 0.25) is 0 Å². The third kappa shape index (κ3) is 3.55. The predicted molar refractivity (Wildman–Crippen MR) is 98.1 cm³/mol. The highest BCUT2D eigenvalue weighted by Crippen LogP contribution is 2.15. The molecule has 0 spiro atoms. The molecule has 2 aromatic heterocycles. The van der Waals surface area contributed by atoms with Gasteiger partial charge in [0.25, 0.3) is 5.91 Å². The largest absolute Gasteiger partial charge is 0.472 e. The molecule has 4 rings (SSSR count). The first kappa shape index (κ1) is 16.6. The van der Waals surface area contributed by atoms with E-state index in [1.807, 2.05) is 34.0 Å². The van der Waals surface area contributed by atoms with Crippen LogP contribution in [0.15, 0.2) is 65.6 Å². The number of amides is 1. The summed E-state index contributed by atoms with van der Waals surface area (Å²) < 4.78 is 7.02. The molecular formula is C20H22N4O2. The maximum absolute atomic E-state index is 12.5. The lowest BCUT2D eigenvalue weighted by atomic mass is 10.3. The van der Waals surface area contributed by atoms with Gasteiger partial charge in [-0.2, -0.15) is 5.10 Å². The van der Waals surface area contributed by atoms with Crippen LogP contribution in [0.5, 0.6) is 0 Å². The van der Waals surface area contributed by atoms with Gasteiger partial charge in [0.1, 0.15) is 6.26 Å². The Balaban J connectivity index is 1.42. The smallest absolute Gasteiger partial charge is 0.257 e. The molecule has 0 atom stereocenters. The zero-order valence-corrected chi connectivity index (χ0v) is 14.6. The highest BCUT2D eigenvalue weighted by atomic mass is 16.3. The van der Waals surface area contributed by atoms with E-state index in [2.05, 4.69) is 28.2 Å². The van der Waals surface area contributed by atoms with Gasteiger partial charge < -0.3 is 9.32 Å². The zero-order valence-electron chi connectivity index (χ0n) is 14.6. The molecule has 1 amide bonds. The number of carbonyl (C=O) groups is 1. The van der Waals surface area contributed by atoms with Gasteiger partial charge in [0, 0.05) is 38.9 Å². The van der Waals surface area contributed by atoms with Crippen molar-refractivity contribution in [2.24, 2.45) is 0 Å². The molecule has 3 heterocycles. The van der Waals surface area contributed by atoms with E-state index in [-0.39, 0.29) is 5.91 Å². The molecule has 0 unspecified atom stereocenters. The van der Waals surface area contributed by atoms with Crippen LogP contribution in [-0.2, 0) is 6.54 Å². The Morgan fingerprint density at radius 3 is 2.73 bits per heavy atom. The van der Waals surface area contributed by atoms with Gasteiger partial charge in [-0.1, -0.05) is 18.2 Å². The van der Waals surface area contributed by atoms with E-state index < -0.39 is 0 Å². The van der Waals surface area contributed by atoms with Crippen molar-refractivity contribution in [3.63, 3.8) is 0 Å². The lowest BCUT2D eigenvalue weighted by Gasteiger charge is -2.22. The second-order valence-electron chi connectivity index (χ2n) is 6.50. The first-order chi connectivity index (χ1) is 12.8. The van der Waals surface area contributed by atoms with Gasteiger partial charge in [-0.05, 0) is 30.7 Å². The van der Waals surface area contributed by atoms with Crippen molar-refractivity contribution in [1.82, 2.24) is 19.6 Å². The predicted octanol–water partition coefficient (Wildman–Crippen LogP) is 2.81. The molecule has 1 aliphatic rings. The average Bonchev–Trinajstić information content (AvgIpc) is 3.31. The number of hydrogen-bond donors (Lipinski definition) is 0. The number of carbonyl (C=O) groups excluding carboxylic acids is 1. The molecule has 1 aliphatic heterocycles. The molecule has 1 saturated heterocycles. The number of rotatable bonds is 4. The average molecular weight is 350 g/mol. The maximum atomic E-state index is 12.5. The normalized spacial score (nSPS) is 15.8. The van der Waals surface area contributed by atoms with Crippen molar-refractivity contribution in [2.45, 2.75) is 13.0 Å². The lowest BCUT2D eigenvalue weighted by molar-refractivity contribution is 0.0760. The van der Waals surface area contributed by atoms with E-state index in [9.17, 15) is 4.79 Å². The highest BCUT2D eigenvalue weighted by Gasteiger charge is 2.21. The third-order valence-electron chi connectivity index (χ3n) is 4.75. The van der Waals surface area contributed by atoms with Crippen LogP contribution in [0.4, 0.5) is 0 Å². The van der Waals surface area contributed by atoms with Crippen molar-refractivity contribution in [3.8, 4) is 5.69 Å². The molecule has 3 aromatic rings. The summed E-state index contributed by atoms with van der Waals surface area (Å²) in [5.74, 6) is 0.0509. The van der Waals surface area contributed by atoms with Crippen LogP contribution in [0.1, 0.15) is 22.5 Å². The monoisotopic (exact) mass is 350 g/mol. The van der Waals surface area contributed by atoms with Gasteiger partial charge in [-0.15, -0.1) is 0 Å². The molecule has 0 bridgehead atoms. The summed E-state index contributed by atoms with van der Waals surface area (Å²) >= 11 is 0. The molecule has 0 aliphatic carbocycles. The number of aromatic nitrogens is 2. The molecule has 0 N–H and O–H groups in total. The number of hydrogen-bond acceptors (Lipinski definition) is 4. The summed E-state index contributed by atoms with van der Waals surface area (Å²) in [4.78, 5) is 16.8. The standard InChI is InChI=1S/C20H22N4O2/c25-20(17-8-14-26-16-17)23-11-4-10-22(12-13-23)15-19-7-9-21-24(19)18-5-2-1-3-6-18/h1-3,5-9,14,16H,4,10-13,15H2. The van der Waals surface area contributed by atoms with Crippen LogP contribution in [0.25, 0.3) is 5.69 Å². The Morgan fingerprint density at radius 2 is 1.92 bits per heavy atom. The van der Waals surface area contributed by atoms with Crippen LogP contribution in [0, 0.1) is 0 Å². The van der Waals surface area contributed by atoms with E-state index >= 15 is 0 Å². The summed E-state index contributed by atoms with van der Waals surface area (Å²) in [5, 5.41) is 4.47. The Bertz CT molecular complexity index is 842. The van der Waals surface area contributed by atoms with Crippen LogP contribution >= 0.6 is 0 Å². The Morgan fingerprint density at radius 1 is 1.04 bits per heavy atom. The summed E-state index contributed by atoms with van der Waals surface area (Å²) in [5.41, 5.74) is 2.85. The van der Waals surface area contributed by atoms with E-state index in [0.717, 1.165) is 50.5 Å². The SMILES string of the molecule is O=C(c1ccoc1)N1CCCN(Cc2ccnn2-c2ccccc2)CC1. The van der Waals surface area contributed by atoms with E-state index in [0.29, 0.717) is 5.56 Å². The van der Waals surface area contributed by atoms with Gasteiger partial charge in [-0.25, -0.2) is 4.68 Å². The van der Waals surface area contributed by atoms with Crippen molar-refractivity contribution in [1.29, 1.82) is 0 Å².